The number of aryl methyl sites for hydroxylation is 1. The standard InChI is InChI=1S/C11H12BrN5O2S/c1-7-4-9(2-3-14-7)17-20(18,19)10-5-8(12)6-15-11(10)16-13/h2-6H,13H2,1H3,(H,14,17)(H,15,16). The number of anilines is 2. The molecular weight excluding hydrogens is 346 g/mol. The molecule has 106 valence electrons. The van der Waals surface area contributed by atoms with Gasteiger partial charge in [-0.1, -0.05) is 0 Å². The summed E-state index contributed by atoms with van der Waals surface area (Å²) in [5, 5.41) is 0. The minimum Gasteiger partial charge on any atom is -0.307 e. The van der Waals surface area contributed by atoms with Gasteiger partial charge in [0.15, 0.2) is 5.82 Å². The van der Waals surface area contributed by atoms with Gasteiger partial charge in [0, 0.05) is 22.6 Å². The smallest absolute Gasteiger partial charge is 0.265 e. The van der Waals surface area contributed by atoms with Crippen molar-refractivity contribution in [1.29, 1.82) is 0 Å². The third-order valence-electron chi connectivity index (χ3n) is 2.39. The molecule has 0 radical (unpaired) electrons. The summed E-state index contributed by atoms with van der Waals surface area (Å²) in [6, 6.07) is 4.60. The Hall–Kier alpha value is -1.71. The number of sulfonamides is 1. The first kappa shape index (κ1) is 14.7. The van der Waals surface area contributed by atoms with E-state index >= 15 is 0 Å². The van der Waals surface area contributed by atoms with E-state index in [1.54, 1.807) is 19.1 Å². The lowest BCUT2D eigenvalue weighted by molar-refractivity contribution is 0.601. The van der Waals surface area contributed by atoms with E-state index in [-0.39, 0.29) is 10.7 Å². The predicted molar refractivity (Wildman–Crippen MR) is 79.5 cm³/mol. The molecule has 0 saturated carbocycles. The average Bonchev–Trinajstić information content (AvgIpc) is 2.38. The molecule has 0 saturated heterocycles. The van der Waals surface area contributed by atoms with E-state index in [9.17, 15) is 8.42 Å². The van der Waals surface area contributed by atoms with Crippen molar-refractivity contribution in [2.24, 2.45) is 5.84 Å². The molecule has 7 nitrogen and oxygen atoms in total. The highest BCUT2D eigenvalue weighted by Gasteiger charge is 2.20. The fraction of sp³-hybridized carbons (Fsp3) is 0.0909. The van der Waals surface area contributed by atoms with Gasteiger partial charge in [0.1, 0.15) is 4.90 Å². The normalized spacial score (nSPS) is 11.2. The Morgan fingerprint density at radius 1 is 1.30 bits per heavy atom. The van der Waals surface area contributed by atoms with Gasteiger partial charge >= 0.3 is 0 Å². The van der Waals surface area contributed by atoms with Gasteiger partial charge in [-0.25, -0.2) is 19.2 Å². The monoisotopic (exact) mass is 357 g/mol. The molecule has 9 heteroatoms. The van der Waals surface area contributed by atoms with Crippen LogP contribution in [0.3, 0.4) is 0 Å². The maximum absolute atomic E-state index is 12.4. The largest absolute Gasteiger partial charge is 0.307 e. The molecule has 0 spiro atoms. The highest BCUT2D eigenvalue weighted by molar-refractivity contribution is 9.10. The summed E-state index contributed by atoms with van der Waals surface area (Å²) in [6.07, 6.45) is 2.97. The van der Waals surface area contributed by atoms with E-state index < -0.39 is 10.0 Å². The second kappa shape index (κ2) is 5.73. The number of hydrogen-bond acceptors (Lipinski definition) is 6. The zero-order valence-electron chi connectivity index (χ0n) is 10.5. The highest BCUT2D eigenvalue weighted by Crippen LogP contribution is 2.24. The molecule has 2 rings (SSSR count). The molecule has 0 fully saturated rings. The Balaban J connectivity index is 2.43. The summed E-state index contributed by atoms with van der Waals surface area (Å²) >= 11 is 3.18. The number of pyridine rings is 2. The third kappa shape index (κ3) is 3.24. The SMILES string of the molecule is Cc1cc(NS(=O)(=O)c2cc(Br)cnc2NN)ccn1. The fourth-order valence-corrected chi connectivity index (χ4v) is 3.23. The van der Waals surface area contributed by atoms with Crippen LogP contribution in [0.15, 0.2) is 40.0 Å². The number of hydrogen-bond donors (Lipinski definition) is 3. The van der Waals surface area contributed by atoms with Gasteiger partial charge in [0.25, 0.3) is 10.0 Å². The molecule has 0 amide bonds. The van der Waals surface area contributed by atoms with Gasteiger partial charge in [-0.2, -0.15) is 0 Å². The Labute approximate surface area is 124 Å². The van der Waals surface area contributed by atoms with Crippen LogP contribution in [-0.2, 0) is 10.0 Å². The lowest BCUT2D eigenvalue weighted by atomic mass is 10.3. The molecule has 2 heterocycles. The van der Waals surface area contributed by atoms with Crippen LogP contribution in [0, 0.1) is 6.92 Å². The Kier molecular flexibility index (Phi) is 4.21. The summed E-state index contributed by atoms with van der Waals surface area (Å²) in [5.41, 5.74) is 3.38. The van der Waals surface area contributed by atoms with Crippen LogP contribution < -0.4 is 16.0 Å². The summed E-state index contributed by atoms with van der Waals surface area (Å²) in [5.74, 6) is 5.35. The first-order valence-corrected chi connectivity index (χ1v) is 7.77. The number of aromatic nitrogens is 2. The maximum atomic E-state index is 12.4. The van der Waals surface area contributed by atoms with E-state index in [0.717, 1.165) is 0 Å². The minimum atomic E-state index is -3.81. The lowest BCUT2D eigenvalue weighted by Gasteiger charge is -2.11. The molecule has 0 atom stereocenters. The van der Waals surface area contributed by atoms with Gasteiger partial charge in [0.2, 0.25) is 0 Å². The van der Waals surface area contributed by atoms with Crippen LogP contribution in [0.5, 0.6) is 0 Å². The summed E-state index contributed by atoms with van der Waals surface area (Å²) in [4.78, 5) is 7.86. The summed E-state index contributed by atoms with van der Waals surface area (Å²) < 4.78 is 27.7. The van der Waals surface area contributed by atoms with Crippen LogP contribution in [0.4, 0.5) is 11.5 Å². The number of hydrazine groups is 1. The number of nitrogen functional groups attached to an aromatic ring is 1. The third-order valence-corrected chi connectivity index (χ3v) is 4.22. The van der Waals surface area contributed by atoms with Crippen molar-refractivity contribution in [3.63, 3.8) is 0 Å². The molecule has 4 N–H and O–H groups in total. The Morgan fingerprint density at radius 3 is 2.70 bits per heavy atom. The summed E-state index contributed by atoms with van der Waals surface area (Å²) in [6.45, 7) is 1.77. The van der Waals surface area contributed by atoms with Crippen LogP contribution >= 0.6 is 15.9 Å². The van der Waals surface area contributed by atoms with Crippen molar-refractivity contribution < 1.29 is 8.42 Å². The molecule has 0 aliphatic heterocycles. The lowest BCUT2D eigenvalue weighted by Crippen LogP contribution is -2.18. The van der Waals surface area contributed by atoms with E-state index in [0.29, 0.717) is 15.9 Å². The van der Waals surface area contributed by atoms with Gasteiger partial charge in [-0.05, 0) is 41.1 Å². The van der Waals surface area contributed by atoms with E-state index in [1.165, 1.54) is 18.5 Å². The number of nitrogens with one attached hydrogen (secondary N) is 2. The van der Waals surface area contributed by atoms with Crippen LogP contribution in [-0.4, -0.2) is 18.4 Å². The van der Waals surface area contributed by atoms with Crippen molar-refractivity contribution in [2.45, 2.75) is 11.8 Å². The number of nitrogens with zero attached hydrogens (tertiary/aromatic N) is 2. The molecule has 0 aliphatic carbocycles. The molecule has 2 aromatic heterocycles. The van der Waals surface area contributed by atoms with E-state index in [1.807, 2.05) is 0 Å². The first-order valence-electron chi connectivity index (χ1n) is 5.50. The molecule has 0 bridgehead atoms. The van der Waals surface area contributed by atoms with Crippen LogP contribution in [0.1, 0.15) is 5.69 Å². The molecule has 20 heavy (non-hydrogen) atoms. The number of nitrogens with two attached hydrogens (primary N) is 1. The van der Waals surface area contributed by atoms with Gasteiger partial charge < -0.3 is 5.43 Å². The Morgan fingerprint density at radius 2 is 2.05 bits per heavy atom. The highest BCUT2D eigenvalue weighted by atomic mass is 79.9. The van der Waals surface area contributed by atoms with E-state index in [2.05, 4.69) is 36.0 Å². The quantitative estimate of drug-likeness (QED) is 0.566. The summed E-state index contributed by atoms with van der Waals surface area (Å²) in [7, 11) is -3.81. The van der Waals surface area contributed by atoms with Gasteiger partial charge in [-0.15, -0.1) is 0 Å². The first-order chi connectivity index (χ1) is 9.42. The van der Waals surface area contributed by atoms with Crippen molar-refractivity contribution in [3.05, 3.63) is 40.8 Å². The van der Waals surface area contributed by atoms with Crippen LogP contribution in [0.2, 0.25) is 0 Å². The predicted octanol–water partition coefficient (Wildman–Crippen LogP) is 1.63. The van der Waals surface area contributed by atoms with Crippen LogP contribution in [0.25, 0.3) is 0 Å². The topological polar surface area (TPSA) is 110 Å². The minimum absolute atomic E-state index is 0.0520. The molecular formula is C11H12BrN5O2S. The zero-order valence-corrected chi connectivity index (χ0v) is 12.9. The van der Waals surface area contributed by atoms with Gasteiger partial charge in [0.05, 0.1) is 5.69 Å². The molecule has 0 aromatic carbocycles. The van der Waals surface area contributed by atoms with Crippen molar-refractivity contribution >= 4 is 37.5 Å². The van der Waals surface area contributed by atoms with Gasteiger partial charge in [-0.3, -0.25) is 9.71 Å². The maximum Gasteiger partial charge on any atom is 0.265 e. The average molecular weight is 358 g/mol. The molecule has 2 aromatic rings. The number of rotatable bonds is 4. The second-order valence-corrected chi connectivity index (χ2v) is 6.50. The molecule has 0 aliphatic rings. The number of halogens is 1. The second-order valence-electron chi connectivity index (χ2n) is 3.94. The zero-order chi connectivity index (χ0) is 14.8. The van der Waals surface area contributed by atoms with Crippen molar-refractivity contribution in [3.8, 4) is 0 Å². The fourth-order valence-electron chi connectivity index (χ4n) is 1.55. The molecule has 0 unspecified atom stereocenters. The van der Waals surface area contributed by atoms with Crippen molar-refractivity contribution in [1.82, 2.24) is 9.97 Å². The van der Waals surface area contributed by atoms with Crippen molar-refractivity contribution in [2.75, 3.05) is 10.1 Å². The Bertz CT molecular complexity index is 735. The van der Waals surface area contributed by atoms with E-state index in [4.69, 9.17) is 5.84 Å².